The molecule has 23 heavy (non-hydrogen) atoms. The van der Waals surface area contributed by atoms with Gasteiger partial charge in [0.1, 0.15) is 5.69 Å². The summed E-state index contributed by atoms with van der Waals surface area (Å²) in [7, 11) is 0. The van der Waals surface area contributed by atoms with Crippen molar-refractivity contribution >= 4 is 33.4 Å². The fourth-order valence-electron chi connectivity index (χ4n) is 1.96. The number of benzene rings is 1. The van der Waals surface area contributed by atoms with Crippen molar-refractivity contribution in [1.82, 2.24) is 10.3 Å². The largest absolute Gasteiger partial charge is 0.349 e. The number of carbonyl (C=O) groups excluding carboxylic acids is 2. The van der Waals surface area contributed by atoms with Gasteiger partial charge in [0, 0.05) is 28.0 Å². The second kappa shape index (κ2) is 7.37. The summed E-state index contributed by atoms with van der Waals surface area (Å²) in [6, 6.07) is 8.62. The van der Waals surface area contributed by atoms with Gasteiger partial charge < -0.3 is 10.6 Å². The molecule has 5 nitrogen and oxygen atoms in total. The third-order valence-corrected chi connectivity index (χ3v) is 3.98. The normalized spacial score (nSPS) is 10.5. The number of nitrogens with one attached hydrogen (secondary N) is 2. The van der Waals surface area contributed by atoms with Crippen LogP contribution in [0.1, 0.15) is 40.3 Å². The summed E-state index contributed by atoms with van der Waals surface area (Å²) >= 11 is 3.42. The summed E-state index contributed by atoms with van der Waals surface area (Å²) < 4.78 is 0.979. The SMILES string of the molecule is Cc1cc(NC(=O)c2ccnc(C(=O)NC(C)C)c2)ccc1Br. The second-order valence-corrected chi connectivity index (χ2v) is 6.33. The molecule has 0 aliphatic heterocycles. The van der Waals surface area contributed by atoms with Gasteiger partial charge in [-0.05, 0) is 56.7 Å². The van der Waals surface area contributed by atoms with Crippen LogP contribution in [0.15, 0.2) is 41.0 Å². The van der Waals surface area contributed by atoms with E-state index in [1.165, 1.54) is 12.3 Å². The van der Waals surface area contributed by atoms with E-state index in [1.54, 1.807) is 6.07 Å². The molecule has 0 saturated carbocycles. The molecule has 1 heterocycles. The van der Waals surface area contributed by atoms with E-state index in [2.05, 4.69) is 31.5 Å². The van der Waals surface area contributed by atoms with Gasteiger partial charge in [0.25, 0.3) is 11.8 Å². The van der Waals surface area contributed by atoms with Crippen molar-refractivity contribution in [2.75, 3.05) is 5.32 Å². The van der Waals surface area contributed by atoms with Gasteiger partial charge >= 0.3 is 0 Å². The lowest BCUT2D eigenvalue weighted by Crippen LogP contribution is -2.31. The predicted octanol–water partition coefficient (Wildman–Crippen LogP) is 3.54. The Morgan fingerprint density at radius 3 is 2.52 bits per heavy atom. The molecule has 0 unspecified atom stereocenters. The van der Waals surface area contributed by atoms with E-state index >= 15 is 0 Å². The smallest absolute Gasteiger partial charge is 0.270 e. The van der Waals surface area contributed by atoms with E-state index in [1.807, 2.05) is 39.0 Å². The average molecular weight is 376 g/mol. The fourth-order valence-corrected chi connectivity index (χ4v) is 2.20. The molecule has 0 radical (unpaired) electrons. The number of aromatic nitrogens is 1. The van der Waals surface area contributed by atoms with Crippen molar-refractivity contribution in [3.63, 3.8) is 0 Å². The summed E-state index contributed by atoms with van der Waals surface area (Å²) in [5, 5.41) is 5.56. The summed E-state index contributed by atoms with van der Waals surface area (Å²) in [6.07, 6.45) is 1.46. The van der Waals surface area contributed by atoms with Crippen molar-refractivity contribution in [3.05, 3.63) is 57.8 Å². The average Bonchev–Trinajstić information content (AvgIpc) is 2.50. The monoisotopic (exact) mass is 375 g/mol. The van der Waals surface area contributed by atoms with Crippen molar-refractivity contribution in [2.45, 2.75) is 26.8 Å². The zero-order chi connectivity index (χ0) is 17.0. The lowest BCUT2D eigenvalue weighted by atomic mass is 10.2. The molecule has 2 amide bonds. The summed E-state index contributed by atoms with van der Waals surface area (Å²) in [4.78, 5) is 28.3. The third-order valence-electron chi connectivity index (χ3n) is 3.09. The van der Waals surface area contributed by atoms with Crippen LogP contribution in [0.2, 0.25) is 0 Å². The number of nitrogens with zero attached hydrogens (tertiary/aromatic N) is 1. The van der Waals surface area contributed by atoms with Crippen LogP contribution in [-0.2, 0) is 0 Å². The number of hydrogen-bond donors (Lipinski definition) is 2. The van der Waals surface area contributed by atoms with E-state index in [0.29, 0.717) is 11.3 Å². The van der Waals surface area contributed by atoms with Crippen LogP contribution in [0.4, 0.5) is 5.69 Å². The van der Waals surface area contributed by atoms with Gasteiger partial charge in [-0.25, -0.2) is 0 Å². The number of amides is 2. The molecule has 120 valence electrons. The maximum absolute atomic E-state index is 12.3. The number of aryl methyl sites for hydroxylation is 1. The molecule has 0 bridgehead atoms. The van der Waals surface area contributed by atoms with Gasteiger partial charge in [-0.1, -0.05) is 15.9 Å². The Labute approximate surface area is 143 Å². The van der Waals surface area contributed by atoms with Crippen LogP contribution in [-0.4, -0.2) is 22.8 Å². The quantitative estimate of drug-likeness (QED) is 0.858. The Bertz CT molecular complexity index is 744. The molecular formula is C17H18BrN3O2. The zero-order valence-corrected chi connectivity index (χ0v) is 14.8. The van der Waals surface area contributed by atoms with Crippen LogP contribution in [0.5, 0.6) is 0 Å². The Morgan fingerprint density at radius 1 is 1.13 bits per heavy atom. The lowest BCUT2D eigenvalue weighted by molar-refractivity contribution is 0.0938. The van der Waals surface area contributed by atoms with Crippen molar-refractivity contribution in [3.8, 4) is 0 Å². The maximum Gasteiger partial charge on any atom is 0.270 e. The van der Waals surface area contributed by atoms with Gasteiger partial charge in [0.2, 0.25) is 0 Å². The summed E-state index contributed by atoms with van der Waals surface area (Å²) in [5.41, 5.74) is 2.32. The molecule has 2 N–H and O–H groups in total. The molecule has 1 aromatic heterocycles. The van der Waals surface area contributed by atoms with Crippen LogP contribution in [0.3, 0.4) is 0 Å². The van der Waals surface area contributed by atoms with Crippen molar-refractivity contribution < 1.29 is 9.59 Å². The molecule has 2 rings (SSSR count). The number of carbonyl (C=O) groups is 2. The van der Waals surface area contributed by atoms with E-state index in [9.17, 15) is 9.59 Å². The molecule has 6 heteroatoms. The highest BCUT2D eigenvalue weighted by Crippen LogP contribution is 2.20. The number of hydrogen-bond acceptors (Lipinski definition) is 3. The minimum atomic E-state index is -0.297. The second-order valence-electron chi connectivity index (χ2n) is 5.48. The fraction of sp³-hybridized carbons (Fsp3) is 0.235. The van der Waals surface area contributed by atoms with Crippen LogP contribution >= 0.6 is 15.9 Å². The Morgan fingerprint density at radius 2 is 1.87 bits per heavy atom. The van der Waals surface area contributed by atoms with E-state index in [-0.39, 0.29) is 23.6 Å². The van der Waals surface area contributed by atoms with Gasteiger partial charge in [-0.2, -0.15) is 0 Å². The molecule has 0 aliphatic rings. The predicted molar refractivity (Wildman–Crippen MR) is 93.7 cm³/mol. The van der Waals surface area contributed by atoms with Crippen molar-refractivity contribution in [2.24, 2.45) is 0 Å². The lowest BCUT2D eigenvalue weighted by Gasteiger charge is -2.09. The number of pyridine rings is 1. The molecule has 1 aromatic carbocycles. The van der Waals surface area contributed by atoms with Crippen LogP contribution < -0.4 is 10.6 Å². The molecular weight excluding hydrogens is 358 g/mol. The topological polar surface area (TPSA) is 71.1 Å². The van der Waals surface area contributed by atoms with E-state index in [4.69, 9.17) is 0 Å². The Hall–Kier alpha value is -2.21. The highest BCUT2D eigenvalue weighted by atomic mass is 79.9. The van der Waals surface area contributed by atoms with Gasteiger partial charge in [-0.15, -0.1) is 0 Å². The Kier molecular flexibility index (Phi) is 5.50. The summed E-state index contributed by atoms with van der Waals surface area (Å²) in [6.45, 7) is 5.68. The van der Waals surface area contributed by atoms with E-state index in [0.717, 1.165) is 10.0 Å². The first-order chi connectivity index (χ1) is 10.9. The van der Waals surface area contributed by atoms with Crippen LogP contribution in [0.25, 0.3) is 0 Å². The van der Waals surface area contributed by atoms with Crippen molar-refractivity contribution in [1.29, 1.82) is 0 Å². The molecule has 0 fully saturated rings. The van der Waals surface area contributed by atoms with Crippen LogP contribution in [0, 0.1) is 6.92 Å². The number of halogens is 1. The van der Waals surface area contributed by atoms with Gasteiger partial charge in [0.15, 0.2) is 0 Å². The highest BCUT2D eigenvalue weighted by Gasteiger charge is 2.13. The van der Waals surface area contributed by atoms with E-state index < -0.39 is 0 Å². The molecule has 0 aliphatic carbocycles. The summed E-state index contributed by atoms with van der Waals surface area (Å²) in [5.74, 6) is -0.582. The minimum Gasteiger partial charge on any atom is -0.349 e. The Balaban J connectivity index is 2.16. The van der Waals surface area contributed by atoms with Gasteiger partial charge in [-0.3, -0.25) is 14.6 Å². The molecule has 0 spiro atoms. The molecule has 2 aromatic rings. The minimum absolute atomic E-state index is 0.00697. The maximum atomic E-state index is 12.3. The third kappa shape index (κ3) is 4.63. The number of anilines is 1. The standard InChI is InChI=1S/C17H18BrN3O2/c1-10(2)20-17(23)15-9-12(6-7-19-15)16(22)21-13-4-5-14(18)11(3)8-13/h4-10H,1-3H3,(H,20,23)(H,21,22). The highest BCUT2D eigenvalue weighted by molar-refractivity contribution is 9.10. The molecule has 0 atom stereocenters. The first kappa shape index (κ1) is 17.1. The van der Waals surface area contributed by atoms with Gasteiger partial charge in [0.05, 0.1) is 0 Å². The first-order valence-electron chi connectivity index (χ1n) is 7.21. The number of rotatable bonds is 4. The zero-order valence-electron chi connectivity index (χ0n) is 13.2. The molecule has 0 saturated heterocycles. The first-order valence-corrected chi connectivity index (χ1v) is 8.00.